The number of rotatable bonds is 1. The van der Waals surface area contributed by atoms with Crippen molar-refractivity contribution in [3.63, 3.8) is 0 Å². The van der Waals surface area contributed by atoms with Crippen molar-refractivity contribution in [2.75, 3.05) is 6.66 Å². The van der Waals surface area contributed by atoms with E-state index in [2.05, 4.69) is 43.1 Å². The van der Waals surface area contributed by atoms with Gasteiger partial charge in [-0.15, -0.1) is 8.58 Å². The predicted molar refractivity (Wildman–Crippen MR) is 66.0 cm³/mol. The van der Waals surface area contributed by atoms with Crippen LogP contribution in [-0.2, 0) is 4.79 Å². The molecule has 2 rings (SSSR count). The second-order valence-corrected chi connectivity index (χ2v) is 4.54. The summed E-state index contributed by atoms with van der Waals surface area (Å²) in [7, 11) is 0.997. The van der Waals surface area contributed by atoms with Gasteiger partial charge in [0.2, 0.25) is 0 Å². The zero-order chi connectivity index (χ0) is 11.3. The van der Waals surface area contributed by atoms with Gasteiger partial charge < -0.3 is 5.11 Å². The summed E-state index contributed by atoms with van der Waals surface area (Å²) in [6, 6.07) is 8.58. The Kier molecular flexibility index (Phi) is 4.51. The van der Waals surface area contributed by atoms with Crippen LogP contribution in [-0.4, -0.2) is 23.4 Å². The Morgan fingerprint density at radius 1 is 1.27 bits per heavy atom. The molecule has 0 spiro atoms. The van der Waals surface area contributed by atoms with Crippen molar-refractivity contribution >= 4 is 26.7 Å². The summed E-state index contributed by atoms with van der Waals surface area (Å²) in [6.45, 7) is 3.34. The van der Waals surface area contributed by atoms with Gasteiger partial charge >= 0.3 is 0 Å². The van der Waals surface area contributed by atoms with E-state index >= 15 is 0 Å². The number of fused-ring (bicyclic) bond motifs is 1. The average molecular weight is 222 g/mol. The lowest BCUT2D eigenvalue weighted by atomic mass is 10.3. The minimum atomic E-state index is -0.833. The minimum Gasteiger partial charge on any atom is -0.481 e. The number of carboxylic acid groups (broad SMARTS) is 1. The SMILES string of the molecule is CC(=O)O.CPC1C=c2ccccc2=C1. The molecule has 15 heavy (non-hydrogen) atoms. The quantitative estimate of drug-likeness (QED) is 0.720. The molecule has 80 valence electrons. The summed E-state index contributed by atoms with van der Waals surface area (Å²) in [5.41, 5.74) is 0.701. The van der Waals surface area contributed by atoms with E-state index in [0.29, 0.717) is 5.66 Å². The monoisotopic (exact) mass is 222 g/mol. The van der Waals surface area contributed by atoms with Crippen molar-refractivity contribution in [3.8, 4) is 0 Å². The molecule has 1 aliphatic rings. The Labute approximate surface area is 91.1 Å². The average Bonchev–Trinajstić information content (AvgIpc) is 2.59. The van der Waals surface area contributed by atoms with E-state index in [4.69, 9.17) is 9.90 Å². The predicted octanol–water partition coefficient (Wildman–Crippen LogP) is 1.03. The van der Waals surface area contributed by atoms with Gasteiger partial charge in [0, 0.05) is 12.6 Å². The van der Waals surface area contributed by atoms with E-state index in [1.165, 1.54) is 10.4 Å². The number of benzene rings is 1. The molecule has 1 unspecified atom stereocenters. The second-order valence-electron chi connectivity index (χ2n) is 3.30. The van der Waals surface area contributed by atoms with Gasteiger partial charge in [0.05, 0.1) is 0 Å². The number of carboxylic acids is 1. The largest absolute Gasteiger partial charge is 0.481 e. The van der Waals surface area contributed by atoms with Crippen LogP contribution in [0.3, 0.4) is 0 Å². The lowest BCUT2D eigenvalue weighted by Gasteiger charge is -1.95. The van der Waals surface area contributed by atoms with Gasteiger partial charge in [0.15, 0.2) is 0 Å². The molecule has 1 N–H and O–H groups in total. The normalized spacial score (nSPS) is 13.7. The maximum absolute atomic E-state index is 9.00. The Morgan fingerprint density at radius 2 is 1.67 bits per heavy atom. The first-order valence-corrected chi connectivity index (χ1v) is 6.37. The summed E-state index contributed by atoms with van der Waals surface area (Å²) in [5, 5.41) is 10.2. The van der Waals surface area contributed by atoms with E-state index in [9.17, 15) is 0 Å². The third kappa shape index (κ3) is 3.85. The van der Waals surface area contributed by atoms with E-state index < -0.39 is 5.97 Å². The van der Waals surface area contributed by atoms with E-state index in [1.54, 1.807) is 0 Å². The van der Waals surface area contributed by atoms with Crippen LogP contribution in [0.15, 0.2) is 24.3 Å². The Bertz CT molecular complexity index is 412. The molecule has 1 aliphatic carbocycles. The molecular formula is C12H15O2P. The molecule has 0 saturated heterocycles. The molecule has 1 aromatic carbocycles. The first-order chi connectivity index (χ1) is 7.13. The summed E-state index contributed by atoms with van der Waals surface area (Å²) in [6.07, 6.45) is 4.71. The molecule has 0 bridgehead atoms. The molecule has 3 heteroatoms. The van der Waals surface area contributed by atoms with Gasteiger partial charge in [-0.25, -0.2) is 0 Å². The van der Waals surface area contributed by atoms with Crippen LogP contribution in [0, 0.1) is 0 Å². The lowest BCUT2D eigenvalue weighted by molar-refractivity contribution is -0.134. The zero-order valence-electron chi connectivity index (χ0n) is 8.90. The van der Waals surface area contributed by atoms with Crippen LogP contribution in [0.1, 0.15) is 6.92 Å². The van der Waals surface area contributed by atoms with E-state index in [0.717, 1.165) is 15.5 Å². The molecule has 1 atom stereocenters. The fourth-order valence-corrected chi connectivity index (χ4v) is 2.11. The van der Waals surface area contributed by atoms with Crippen LogP contribution in [0.5, 0.6) is 0 Å². The van der Waals surface area contributed by atoms with Crippen molar-refractivity contribution in [1.82, 2.24) is 0 Å². The summed E-state index contributed by atoms with van der Waals surface area (Å²) in [5.74, 6) is -0.833. The summed E-state index contributed by atoms with van der Waals surface area (Å²) < 4.78 is 0. The molecule has 2 nitrogen and oxygen atoms in total. The Balaban J connectivity index is 0.000000245. The summed E-state index contributed by atoms with van der Waals surface area (Å²) in [4.78, 5) is 9.00. The highest BCUT2D eigenvalue weighted by atomic mass is 31.1. The fraction of sp³-hybridized carbons (Fsp3) is 0.250. The Hall–Kier alpha value is -1.14. The van der Waals surface area contributed by atoms with Crippen LogP contribution >= 0.6 is 8.58 Å². The van der Waals surface area contributed by atoms with E-state index in [-0.39, 0.29) is 0 Å². The highest BCUT2D eigenvalue weighted by Crippen LogP contribution is 2.17. The van der Waals surface area contributed by atoms with Crippen LogP contribution in [0.4, 0.5) is 0 Å². The molecule has 0 amide bonds. The third-order valence-electron chi connectivity index (χ3n) is 2.05. The van der Waals surface area contributed by atoms with Crippen molar-refractivity contribution in [2.45, 2.75) is 12.6 Å². The van der Waals surface area contributed by atoms with Gasteiger partial charge in [0.1, 0.15) is 0 Å². The smallest absolute Gasteiger partial charge is 0.300 e. The number of aliphatic carboxylic acids is 1. The second kappa shape index (κ2) is 5.67. The molecule has 1 aromatic rings. The molecule has 0 aliphatic heterocycles. The van der Waals surface area contributed by atoms with Crippen molar-refractivity contribution in [1.29, 1.82) is 0 Å². The zero-order valence-corrected chi connectivity index (χ0v) is 9.90. The van der Waals surface area contributed by atoms with Gasteiger partial charge in [-0.3, -0.25) is 4.79 Å². The Morgan fingerprint density at radius 3 is 2.00 bits per heavy atom. The molecule has 0 fully saturated rings. The van der Waals surface area contributed by atoms with Crippen molar-refractivity contribution in [3.05, 3.63) is 34.7 Å². The van der Waals surface area contributed by atoms with Crippen LogP contribution in [0.2, 0.25) is 0 Å². The van der Waals surface area contributed by atoms with Crippen LogP contribution < -0.4 is 10.4 Å². The maximum atomic E-state index is 9.00. The lowest BCUT2D eigenvalue weighted by Crippen LogP contribution is -2.19. The molecule has 0 radical (unpaired) electrons. The molecule has 0 saturated carbocycles. The van der Waals surface area contributed by atoms with Crippen LogP contribution in [0.25, 0.3) is 12.2 Å². The maximum Gasteiger partial charge on any atom is 0.300 e. The van der Waals surface area contributed by atoms with Gasteiger partial charge in [-0.2, -0.15) is 0 Å². The van der Waals surface area contributed by atoms with Crippen molar-refractivity contribution < 1.29 is 9.90 Å². The summed E-state index contributed by atoms with van der Waals surface area (Å²) >= 11 is 0. The van der Waals surface area contributed by atoms with Gasteiger partial charge in [0.25, 0.3) is 5.97 Å². The highest BCUT2D eigenvalue weighted by Gasteiger charge is 2.02. The number of hydrogen-bond acceptors (Lipinski definition) is 1. The van der Waals surface area contributed by atoms with Gasteiger partial charge in [-0.05, 0) is 17.1 Å². The third-order valence-corrected chi connectivity index (χ3v) is 3.05. The standard InChI is InChI=1S/C10H11P.C2H4O2/c1-11-10-6-8-4-2-3-5-9(8)7-10;1-2(3)4/h2-7,10-11H,1H3;1H3,(H,3,4). The highest BCUT2D eigenvalue weighted by molar-refractivity contribution is 7.39. The number of carbonyl (C=O) groups is 1. The number of hydrogen-bond donors (Lipinski definition) is 1. The first-order valence-electron chi connectivity index (χ1n) is 4.79. The topological polar surface area (TPSA) is 37.3 Å². The van der Waals surface area contributed by atoms with Gasteiger partial charge in [-0.1, -0.05) is 36.4 Å². The first kappa shape index (κ1) is 11.9. The molecule has 0 aromatic heterocycles. The minimum absolute atomic E-state index is 0.701. The molecular weight excluding hydrogens is 207 g/mol. The van der Waals surface area contributed by atoms with Crippen molar-refractivity contribution in [2.24, 2.45) is 0 Å². The molecule has 0 heterocycles. The van der Waals surface area contributed by atoms with E-state index in [1.807, 2.05) is 0 Å². The fourth-order valence-electron chi connectivity index (χ4n) is 1.42.